The third kappa shape index (κ3) is 2.16. The van der Waals surface area contributed by atoms with Crippen LogP contribution in [-0.4, -0.2) is 19.0 Å². The van der Waals surface area contributed by atoms with Gasteiger partial charge in [0.1, 0.15) is 6.10 Å². The highest BCUT2D eigenvalue weighted by atomic mass is 19.1. The van der Waals surface area contributed by atoms with Crippen LogP contribution in [0.5, 0.6) is 0 Å². The first kappa shape index (κ1) is 12.8. The van der Waals surface area contributed by atoms with Crippen molar-refractivity contribution in [2.75, 3.05) is 7.11 Å². The summed E-state index contributed by atoms with van der Waals surface area (Å²) in [7, 11) is 1.48. The molecule has 0 bridgehead atoms. The van der Waals surface area contributed by atoms with Crippen molar-refractivity contribution in [3.05, 3.63) is 35.8 Å². The average molecular weight is 250 g/mol. The van der Waals surface area contributed by atoms with Crippen molar-refractivity contribution in [3.63, 3.8) is 0 Å². The number of methoxy groups -OCH3 is 1. The number of ketones is 1. The van der Waals surface area contributed by atoms with E-state index in [-0.39, 0.29) is 23.0 Å². The Morgan fingerprint density at radius 3 is 2.67 bits per heavy atom. The molecule has 0 saturated heterocycles. The molecule has 1 aromatic heterocycles. The minimum absolute atomic E-state index is 0.0283. The van der Waals surface area contributed by atoms with Gasteiger partial charge < -0.3 is 9.15 Å². The van der Waals surface area contributed by atoms with Gasteiger partial charge >= 0.3 is 0 Å². The second-order valence-corrected chi connectivity index (χ2v) is 4.53. The van der Waals surface area contributed by atoms with Gasteiger partial charge in [0.2, 0.25) is 5.78 Å². The van der Waals surface area contributed by atoms with E-state index in [4.69, 9.17) is 9.15 Å². The summed E-state index contributed by atoms with van der Waals surface area (Å²) in [5.41, 5.74) is 0.111. The second-order valence-electron chi connectivity index (χ2n) is 4.53. The number of furan rings is 1. The second kappa shape index (κ2) is 4.90. The highest BCUT2D eigenvalue weighted by molar-refractivity contribution is 6.00. The van der Waals surface area contributed by atoms with Gasteiger partial charge in [-0.3, -0.25) is 4.79 Å². The van der Waals surface area contributed by atoms with E-state index in [0.717, 1.165) is 0 Å². The summed E-state index contributed by atoms with van der Waals surface area (Å²) < 4.78 is 23.9. The van der Waals surface area contributed by atoms with Crippen LogP contribution in [0.25, 0.3) is 11.0 Å². The molecule has 1 heterocycles. The van der Waals surface area contributed by atoms with E-state index in [1.54, 1.807) is 18.2 Å². The molecule has 0 spiro atoms. The predicted molar refractivity (Wildman–Crippen MR) is 66.1 cm³/mol. The Morgan fingerprint density at radius 2 is 2.11 bits per heavy atom. The maximum atomic E-state index is 13.5. The molecule has 1 unspecified atom stereocenters. The Morgan fingerprint density at radius 1 is 1.39 bits per heavy atom. The summed E-state index contributed by atoms with van der Waals surface area (Å²) in [5, 5.41) is 0.581. The van der Waals surface area contributed by atoms with Crippen LogP contribution in [0.1, 0.15) is 24.4 Å². The molecule has 18 heavy (non-hydrogen) atoms. The molecule has 0 saturated carbocycles. The molecule has 96 valence electrons. The van der Waals surface area contributed by atoms with E-state index < -0.39 is 11.9 Å². The zero-order valence-electron chi connectivity index (χ0n) is 10.6. The lowest BCUT2D eigenvalue weighted by Crippen LogP contribution is -2.28. The van der Waals surface area contributed by atoms with Crippen molar-refractivity contribution in [1.29, 1.82) is 0 Å². The first-order chi connectivity index (χ1) is 8.54. The molecule has 3 nitrogen and oxygen atoms in total. The topological polar surface area (TPSA) is 39.4 Å². The van der Waals surface area contributed by atoms with Crippen molar-refractivity contribution < 1.29 is 18.3 Å². The third-order valence-electron chi connectivity index (χ3n) is 2.86. The van der Waals surface area contributed by atoms with Gasteiger partial charge in [0.25, 0.3) is 0 Å². The monoisotopic (exact) mass is 250 g/mol. The summed E-state index contributed by atoms with van der Waals surface area (Å²) >= 11 is 0. The van der Waals surface area contributed by atoms with E-state index in [9.17, 15) is 9.18 Å². The third-order valence-corrected chi connectivity index (χ3v) is 2.86. The fraction of sp³-hybridized carbons (Fsp3) is 0.357. The fourth-order valence-electron chi connectivity index (χ4n) is 1.97. The summed E-state index contributed by atoms with van der Waals surface area (Å²) in [4.78, 5) is 12.2. The molecular weight excluding hydrogens is 235 g/mol. The van der Waals surface area contributed by atoms with Gasteiger partial charge in [0.15, 0.2) is 17.2 Å². The van der Waals surface area contributed by atoms with Gasteiger partial charge in [-0.1, -0.05) is 26.0 Å². The molecule has 2 rings (SSSR count). The first-order valence-electron chi connectivity index (χ1n) is 5.79. The highest BCUT2D eigenvalue weighted by Gasteiger charge is 2.26. The number of ether oxygens (including phenoxy) is 1. The van der Waals surface area contributed by atoms with Crippen molar-refractivity contribution in [3.8, 4) is 0 Å². The van der Waals surface area contributed by atoms with E-state index >= 15 is 0 Å². The van der Waals surface area contributed by atoms with Gasteiger partial charge in [-0.15, -0.1) is 0 Å². The van der Waals surface area contributed by atoms with E-state index in [2.05, 4.69) is 0 Å². The lowest BCUT2D eigenvalue weighted by molar-refractivity contribution is 0.0435. The predicted octanol–water partition coefficient (Wildman–Crippen LogP) is 3.43. The summed E-state index contributed by atoms with van der Waals surface area (Å²) in [6.45, 7) is 3.77. The van der Waals surface area contributed by atoms with E-state index in [1.165, 1.54) is 13.2 Å². The van der Waals surface area contributed by atoms with Crippen LogP contribution in [0.4, 0.5) is 4.39 Å². The molecule has 2 aromatic rings. The zero-order valence-corrected chi connectivity index (χ0v) is 10.6. The molecule has 0 N–H and O–H groups in total. The van der Waals surface area contributed by atoms with Crippen LogP contribution in [0.3, 0.4) is 0 Å². The quantitative estimate of drug-likeness (QED) is 0.780. The molecule has 0 radical (unpaired) electrons. The smallest absolute Gasteiger partial charge is 0.226 e. The highest BCUT2D eigenvalue weighted by Crippen LogP contribution is 2.24. The number of Topliss-reactive ketones (excluding diaryl/α,β-unsaturated/α-hetero) is 1. The van der Waals surface area contributed by atoms with Crippen LogP contribution in [0, 0.1) is 11.7 Å². The molecular formula is C14H15FO3. The maximum absolute atomic E-state index is 13.5. The van der Waals surface area contributed by atoms with Crippen molar-refractivity contribution >= 4 is 16.8 Å². The number of halogens is 1. The van der Waals surface area contributed by atoms with Gasteiger partial charge in [-0.05, 0) is 18.1 Å². The maximum Gasteiger partial charge on any atom is 0.226 e. The van der Waals surface area contributed by atoms with Gasteiger partial charge in [-0.25, -0.2) is 4.39 Å². The molecule has 0 amide bonds. The van der Waals surface area contributed by atoms with Crippen molar-refractivity contribution in [2.45, 2.75) is 20.0 Å². The minimum Gasteiger partial charge on any atom is -0.450 e. The Labute approximate surface area is 105 Å². The van der Waals surface area contributed by atoms with Gasteiger partial charge in [0, 0.05) is 12.5 Å². The summed E-state index contributed by atoms with van der Waals surface area (Å²) in [5.74, 6) is -0.565. The normalized spacial score (nSPS) is 13.2. The van der Waals surface area contributed by atoms with Gasteiger partial charge in [-0.2, -0.15) is 0 Å². The Kier molecular flexibility index (Phi) is 3.48. The Bertz CT molecular complexity index is 571. The zero-order chi connectivity index (χ0) is 13.3. The van der Waals surface area contributed by atoms with Crippen LogP contribution in [-0.2, 0) is 4.74 Å². The molecule has 0 aliphatic rings. The molecule has 1 atom stereocenters. The number of fused-ring (bicyclic) bond motifs is 1. The number of carbonyl (C=O) groups is 1. The van der Waals surface area contributed by atoms with Crippen LogP contribution < -0.4 is 0 Å². The van der Waals surface area contributed by atoms with Crippen LogP contribution >= 0.6 is 0 Å². The summed E-state index contributed by atoms with van der Waals surface area (Å²) in [6.07, 6.45) is -0.575. The number of benzene rings is 1. The van der Waals surface area contributed by atoms with Crippen molar-refractivity contribution in [2.24, 2.45) is 5.92 Å². The Balaban J connectivity index is 2.42. The number of hydrogen-bond acceptors (Lipinski definition) is 3. The minimum atomic E-state index is -0.575. The molecule has 4 heteroatoms. The van der Waals surface area contributed by atoms with E-state index in [1.807, 2.05) is 13.8 Å². The molecule has 0 fully saturated rings. The number of carbonyl (C=O) groups excluding carboxylic acids is 1. The lowest BCUT2D eigenvalue weighted by Gasteiger charge is -2.15. The molecule has 0 aliphatic carbocycles. The Hall–Kier alpha value is -1.68. The molecule has 0 aliphatic heterocycles. The fourth-order valence-corrected chi connectivity index (χ4v) is 1.97. The number of para-hydroxylation sites is 1. The molecule has 1 aromatic carbocycles. The first-order valence-corrected chi connectivity index (χ1v) is 5.79. The number of hydrogen-bond donors (Lipinski definition) is 0. The summed E-state index contributed by atoms with van der Waals surface area (Å²) in [6, 6.07) is 6.14. The lowest BCUT2D eigenvalue weighted by atomic mass is 10.0. The SMILES string of the molecule is COC(C(=O)c1cc2cccc(F)c2o1)C(C)C. The van der Waals surface area contributed by atoms with Crippen molar-refractivity contribution in [1.82, 2.24) is 0 Å². The standard InChI is InChI=1S/C14H15FO3/c1-8(2)13(17-3)12(16)11-7-9-5-4-6-10(15)14(9)18-11/h4-8,13H,1-3H3. The number of rotatable bonds is 4. The van der Waals surface area contributed by atoms with Crippen LogP contribution in [0.15, 0.2) is 28.7 Å². The van der Waals surface area contributed by atoms with Gasteiger partial charge in [0.05, 0.1) is 0 Å². The van der Waals surface area contributed by atoms with Crippen LogP contribution in [0.2, 0.25) is 0 Å². The average Bonchev–Trinajstić information content (AvgIpc) is 2.74. The largest absolute Gasteiger partial charge is 0.450 e. The van der Waals surface area contributed by atoms with E-state index in [0.29, 0.717) is 5.39 Å².